The van der Waals surface area contributed by atoms with Gasteiger partial charge < -0.3 is 16.2 Å². The molecule has 2 unspecified atom stereocenters. The molecule has 2 atom stereocenters. The predicted molar refractivity (Wildman–Crippen MR) is 31.6 cm³/mol. The number of piperidine rings is 1. The fourth-order valence-electron chi connectivity index (χ4n) is 0.792. The van der Waals surface area contributed by atoms with Crippen molar-refractivity contribution < 1.29 is 9.90 Å². The van der Waals surface area contributed by atoms with E-state index in [4.69, 9.17) is 10.8 Å². The number of β-amino-alcohol motifs (C(OH)–C–C–N with tert-alkyl or cyclic N) is 1. The lowest BCUT2D eigenvalue weighted by Crippen LogP contribution is -2.51. The van der Waals surface area contributed by atoms with E-state index < -0.39 is 6.10 Å². The van der Waals surface area contributed by atoms with E-state index in [1.165, 1.54) is 0 Å². The van der Waals surface area contributed by atoms with Gasteiger partial charge in [0.25, 0.3) is 0 Å². The molecule has 1 aliphatic rings. The van der Waals surface area contributed by atoms with Crippen molar-refractivity contribution in [1.29, 1.82) is 0 Å². The molecule has 1 amide bonds. The molecule has 4 nitrogen and oxygen atoms in total. The summed E-state index contributed by atoms with van der Waals surface area (Å²) in [4.78, 5) is 10.5. The Morgan fingerprint density at radius 2 is 2.44 bits per heavy atom. The van der Waals surface area contributed by atoms with Gasteiger partial charge in [0.1, 0.15) is 0 Å². The highest BCUT2D eigenvalue weighted by atomic mass is 16.3. The summed E-state index contributed by atoms with van der Waals surface area (Å²) in [6, 6.07) is -0.376. The minimum absolute atomic E-state index is 0.0761. The molecule has 0 aromatic rings. The minimum atomic E-state index is -0.567. The molecule has 52 valence electrons. The Kier molecular flexibility index (Phi) is 1.68. The molecule has 0 saturated carbocycles. The molecule has 0 aromatic heterocycles. The fourth-order valence-corrected chi connectivity index (χ4v) is 0.792. The predicted octanol–water partition coefficient (Wildman–Crippen LogP) is -1.81. The van der Waals surface area contributed by atoms with E-state index in [0.29, 0.717) is 6.54 Å². The number of hydrogen-bond donors (Lipinski definition) is 3. The molecule has 0 aliphatic carbocycles. The molecule has 0 radical (unpaired) electrons. The number of hydrogen-bond acceptors (Lipinski definition) is 3. The van der Waals surface area contributed by atoms with Crippen molar-refractivity contribution in [2.45, 2.75) is 18.6 Å². The molecular weight excluding hydrogens is 120 g/mol. The fraction of sp³-hybridized carbons (Fsp3) is 0.800. The van der Waals surface area contributed by atoms with Gasteiger partial charge in [0.05, 0.1) is 6.10 Å². The molecular formula is C5H10N2O2. The zero-order valence-electron chi connectivity index (χ0n) is 5.00. The van der Waals surface area contributed by atoms with Crippen molar-refractivity contribution in [2.75, 3.05) is 6.54 Å². The molecule has 4 N–H and O–H groups in total. The number of nitrogens with one attached hydrogen (secondary N) is 1. The van der Waals surface area contributed by atoms with Crippen molar-refractivity contribution in [3.63, 3.8) is 0 Å². The quantitative estimate of drug-likeness (QED) is 0.362. The first kappa shape index (κ1) is 6.51. The Bertz CT molecular complexity index is 126. The van der Waals surface area contributed by atoms with E-state index in [0.717, 1.165) is 0 Å². The van der Waals surface area contributed by atoms with E-state index in [9.17, 15) is 4.79 Å². The number of aliphatic hydroxyl groups is 1. The summed E-state index contributed by atoms with van der Waals surface area (Å²) in [6.45, 7) is 0.292. The first-order chi connectivity index (χ1) is 4.20. The lowest BCUT2D eigenvalue weighted by Gasteiger charge is -2.23. The van der Waals surface area contributed by atoms with Crippen LogP contribution in [0.2, 0.25) is 0 Å². The zero-order chi connectivity index (χ0) is 6.85. The number of rotatable bonds is 0. The number of carbonyl (C=O) groups excluding carboxylic acids is 1. The van der Waals surface area contributed by atoms with Gasteiger partial charge in [-0.1, -0.05) is 0 Å². The molecule has 1 saturated heterocycles. The summed E-state index contributed by atoms with van der Waals surface area (Å²) in [6.07, 6.45) is -0.330. The number of carbonyl (C=O) groups is 1. The van der Waals surface area contributed by atoms with Crippen LogP contribution in [0.5, 0.6) is 0 Å². The maximum absolute atomic E-state index is 10.5. The van der Waals surface area contributed by atoms with Crippen LogP contribution in [0, 0.1) is 0 Å². The number of amides is 1. The normalized spacial score (nSPS) is 36.0. The van der Waals surface area contributed by atoms with Crippen LogP contribution < -0.4 is 11.1 Å². The van der Waals surface area contributed by atoms with Crippen molar-refractivity contribution in [3.8, 4) is 0 Å². The third kappa shape index (κ3) is 1.40. The van der Waals surface area contributed by atoms with Gasteiger partial charge in [0.2, 0.25) is 5.91 Å². The Morgan fingerprint density at radius 3 is 2.89 bits per heavy atom. The highest BCUT2D eigenvalue weighted by Crippen LogP contribution is 2.00. The van der Waals surface area contributed by atoms with Crippen molar-refractivity contribution >= 4 is 5.91 Å². The van der Waals surface area contributed by atoms with Gasteiger partial charge in [0.15, 0.2) is 0 Å². The molecule has 0 aromatic carbocycles. The zero-order valence-corrected chi connectivity index (χ0v) is 5.00. The topological polar surface area (TPSA) is 75.4 Å². The van der Waals surface area contributed by atoms with Crippen LogP contribution >= 0.6 is 0 Å². The second-order valence-electron chi connectivity index (χ2n) is 2.24. The van der Waals surface area contributed by atoms with Gasteiger partial charge in [-0.15, -0.1) is 0 Å². The van der Waals surface area contributed by atoms with Crippen LogP contribution in [0.25, 0.3) is 0 Å². The van der Waals surface area contributed by atoms with Gasteiger partial charge in [-0.2, -0.15) is 0 Å². The third-order valence-electron chi connectivity index (χ3n) is 1.42. The average molecular weight is 130 g/mol. The van der Waals surface area contributed by atoms with Crippen molar-refractivity contribution in [2.24, 2.45) is 5.73 Å². The summed E-state index contributed by atoms with van der Waals surface area (Å²) in [5, 5.41) is 11.4. The summed E-state index contributed by atoms with van der Waals surface area (Å²) in [5.41, 5.74) is 5.36. The largest absolute Gasteiger partial charge is 0.390 e. The maximum atomic E-state index is 10.5. The van der Waals surface area contributed by atoms with Crippen LogP contribution in [0.3, 0.4) is 0 Å². The summed E-state index contributed by atoms with van der Waals surface area (Å²) in [7, 11) is 0. The Hall–Kier alpha value is -0.610. The lowest BCUT2D eigenvalue weighted by molar-refractivity contribution is -0.124. The molecule has 9 heavy (non-hydrogen) atoms. The molecule has 0 bridgehead atoms. The standard InChI is InChI=1S/C5H10N2O2/c6-3-1-5(9)7-2-4(3)8/h3-4,8H,1-2,6H2,(H,7,9). The van der Waals surface area contributed by atoms with Crippen LogP contribution in [0.4, 0.5) is 0 Å². The minimum Gasteiger partial charge on any atom is -0.390 e. The van der Waals surface area contributed by atoms with Crippen molar-refractivity contribution in [3.05, 3.63) is 0 Å². The van der Waals surface area contributed by atoms with Crippen molar-refractivity contribution in [1.82, 2.24) is 5.32 Å². The van der Waals surface area contributed by atoms with Crippen LogP contribution in [-0.4, -0.2) is 29.7 Å². The second kappa shape index (κ2) is 2.33. The smallest absolute Gasteiger partial charge is 0.221 e. The second-order valence-corrected chi connectivity index (χ2v) is 2.24. The van der Waals surface area contributed by atoms with Crippen LogP contribution in [-0.2, 0) is 4.79 Å². The molecule has 0 spiro atoms. The Balaban J connectivity index is 2.44. The van der Waals surface area contributed by atoms with E-state index in [-0.39, 0.29) is 18.4 Å². The third-order valence-corrected chi connectivity index (χ3v) is 1.42. The average Bonchev–Trinajstić information content (AvgIpc) is 1.80. The molecule has 1 heterocycles. The van der Waals surface area contributed by atoms with E-state index in [1.807, 2.05) is 0 Å². The SMILES string of the molecule is NC1CC(=O)NCC1O. The summed E-state index contributed by atoms with van der Waals surface area (Å²) >= 11 is 0. The van der Waals surface area contributed by atoms with Crippen LogP contribution in [0.15, 0.2) is 0 Å². The lowest BCUT2D eigenvalue weighted by atomic mass is 10.0. The van der Waals surface area contributed by atoms with Gasteiger partial charge in [-0.05, 0) is 0 Å². The first-order valence-electron chi connectivity index (χ1n) is 2.90. The van der Waals surface area contributed by atoms with E-state index >= 15 is 0 Å². The van der Waals surface area contributed by atoms with Gasteiger partial charge in [-0.3, -0.25) is 4.79 Å². The molecule has 1 rings (SSSR count). The number of nitrogens with two attached hydrogens (primary N) is 1. The van der Waals surface area contributed by atoms with E-state index in [2.05, 4.69) is 5.32 Å². The van der Waals surface area contributed by atoms with Gasteiger partial charge in [0, 0.05) is 19.0 Å². The van der Waals surface area contributed by atoms with Crippen LogP contribution in [0.1, 0.15) is 6.42 Å². The van der Waals surface area contributed by atoms with Gasteiger partial charge >= 0.3 is 0 Å². The molecule has 4 heteroatoms. The summed E-state index contributed by atoms with van der Waals surface area (Å²) in [5.74, 6) is -0.0761. The Labute approximate surface area is 53.0 Å². The summed E-state index contributed by atoms with van der Waals surface area (Å²) < 4.78 is 0. The van der Waals surface area contributed by atoms with E-state index in [1.54, 1.807) is 0 Å². The highest BCUT2D eigenvalue weighted by molar-refractivity contribution is 5.77. The maximum Gasteiger partial charge on any atom is 0.221 e. The molecule has 1 fully saturated rings. The highest BCUT2D eigenvalue weighted by Gasteiger charge is 2.23. The first-order valence-corrected chi connectivity index (χ1v) is 2.90. The van der Waals surface area contributed by atoms with Gasteiger partial charge in [-0.25, -0.2) is 0 Å². The monoisotopic (exact) mass is 130 g/mol. The number of aliphatic hydroxyl groups excluding tert-OH is 1. The molecule has 1 aliphatic heterocycles. The Morgan fingerprint density at radius 1 is 1.78 bits per heavy atom.